The van der Waals surface area contributed by atoms with Crippen molar-refractivity contribution in [2.24, 2.45) is 5.92 Å². The average molecular weight is 322 g/mol. The van der Waals surface area contributed by atoms with E-state index in [1.54, 1.807) is 12.1 Å². The van der Waals surface area contributed by atoms with Crippen molar-refractivity contribution >= 4 is 17.5 Å². The molecular weight excluding hydrogens is 306 g/mol. The maximum absolute atomic E-state index is 12.0. The Kier molecular flexibility index (Phi) is 4.24. The number of carbonyl (C=O) groups is 1. The molecule has 1 aromatic heterocycles. The molecule has 116 valence electrons. The molecule has 1 heterocycles. The molecule has 1 amide bonds. The van der Waals surface area contributed by atoms with Gasteiger partial charge >= 0.3 is 5.69 Å². The van der Waals surface area contributed by atoms with E-state index in [-0.39, 0.29) is 18.1 Å². The van der Waals surface area contributed by atoms with E-state index >= 15 is 0 Å². The Morgan fingerprint density at radius 1 is 1.23 bits per heavy atom. The monoisotopic (exact) mass is 321 g/mol. The van der Waals surface area contributed by atoms with Crippen LogP contribution < -0.4 is 11.0 Å². The number of rotatable bonds is 6. The minimum Gasteiger partial charge on any atom is -0.350 e. The summed E-state index contributed by atoms with van der Waals surface area (Å²) in [5.41, 5.74) is 0.594. The van der Waals surface area contributed by atoms with Crippen molar-refractivity contribution in [2.75, 3.05) is 0 Å². The second-order valence-electron chi connectivity index (χ2n) is 5.45. The lowest BCUT2D eigenvalue weighted by atomic mass is 10.2. The third kappa shape index (κ3) is 3.73. The summed E-state index contributed by atoms with van der Waals surface area (Å²) in [7, 11) is 0. The third-order valence-corrected chi connectivity index (χ3v) is 3.77. The van der Waals surface area contributed by atoms with Gasteiger partial charge in [-0.15, -0.1) is 0 Å². The Balaban J connectivity index is 1.54. The van der Waals surface area contributed by atoms with Gasteiger partial charge in [0.25, 0.3) is 0 Å². The fraction of sp³-hybridized carbons (Fsp3) is 0.429. The highest BCUT2D eigenvalue weighted by Crippen LogP contribution is 2.29. The van der Waals surface area contributed by atoms with Crippen molar-refractivity contribution in [2.45, 2.75) is 32.5 Å². The highest BCUT2D eigenvalue weighted by molar-refractivity contribution is 6.30. The van der Waals surface area contributed by atoms with Gasteiger partial charge in [0.05, 0.1) is 6.54 Å². The summed E-state index contributed by atoms with van der Waals surface area (Å²) in [6.07, 6.45) is 2.25. The van der Waals surface area contributed by atoms with Gasteiger partial charge < -0.3 is 5.32 Å². The van der Waals surface area contributed by atoms with Crippen LogP contribution in [0.5, 0.6) is 0 Å². The van der Waals surface area contributed by atoms with Crippen LogP contribution in [-0.4, -0.2) is 25.7 Å². The molecular formula is C14H16ClN5O2. The summed E-state index contributed by atoms with van der Waals surface area (Å²) in [5, 5.41) is 10.9. The van der Waals surface area contributed by atoms with Gasteiger partial charge in [-0.2, -0.15) is 9.36 Å². The van der Waals surface area contributed by atoms with Crippen LogP contribution in [0.2, 0.25) is 5.02 Å². The summed E-state index contributed by atoms with van der Waals surface area (Å²) in [6, 6.07) is 7.19. The number of hydrogen-bond donors (Lipinski definition) is 1. The summed E-state index contributed by atoms with van der Waals surface area (Å²) < 4.78 is 2.41. The zero-order chi connectivity index (χ0) is 15.5. The number of nitrogens with zero attached hydrogens (tertiary/aromatic N) is 4. The molecule has 3 rings (SSSR count). The van der Waals surface area contributed by atoms with Gasteiger partial charge in [0.1, 0.15) is 6.54 Å². The number of nitrogens with one attached hydrogen (secondary N) is 1. The van der Waals surface area contributed by atoms with Gasteiger partial charge in [-0.1, -0.05) is 23.7 Å². The minimum absolute atomic E-state index is 0.128. The minimum atomic E-state index is -0.339. The van der Waals surface area contributed by atoms with Crippen molar-refractivity contribution in [3.8, 4) is 0 Å². The zero-order valence-electron chi connectivity index (χ0n) is 11.9. The van der Waals surface area contributed by atoms with Crippen molar-refractivity contribution < 1.29 is 4.79 Å². The Hall–Kier alpha value is -2.15. The molecule has 0 spiro atoms. The molecule has 0 radical (unpaired) electrons. The number of carbonyl (C=O) groups excluding carboxylic acids is 1. The third-order valence-electron chi connectivity index (χ3n) is 3.52. The topological polar surface area (TPSA) is 81.8 Å². The molecule has 1 aliphatic rings. The number of aromatic nitrogens is 4. The predicted molar refractivity (Wildman–Crippen MR) is 80.3 cm³/mol. The van der Waals surface area contributed by atoms with Crippen molar-refractivity contribution in [1.29, 1.82) is 0 Å². The van der Waals surface area contributed by atoms with Crippen LogP contribution in [-0.2, 0) is 24.4 Å². The van der Waals surface area contributed by atoms with Gasteiger partial charge in [0, 0.05) is 11.6 Å². The Morgan fingerprint density at radius 2 is 1.91 bits per heavy atom. The van der Waals surface area contributed by atoms with E-state index in [2.05, 4.69) is 15.7 Å². The summed E-state index contributed by atoms with van der Waals surface area (Å²) in [4.78, 5) is 23.9. The van der Waals surface area contributed by atoms with E-state index in [1.165, 1.54) is 4.68 Å². The molecule has 8 heteroatoms. The van der Waals surface area contributed by atoms with Crippen molar-refractivity contribution in [3.63, 3.8) is 0 Å². The largest absolute Gasteiger partial charge is 0.364 e. The first-order valence-electron chi connectivity index (χ1n) is 7.13. The standard InChI is InChI=1S/C14H16ClN5O2/c15-12-5-3-10(4-6-12)7-16-13(21)9-20-14(22)19(17-18-20)8-11-1-2-11/h3-6,11H,1-2,7-9H2,(H,16,21). The van der Waals surface area contributed by atoms with Crippen LogP contribution >= 0.6 is 11.6 Å². The molecule has 2 aromatic rings. The van der Waals surface area contributed by atoms with Crippen LogP contribution in [0.25, 0.3) is 0 Å². The fourth-order valence-corrected chi connectivity index (χ4v) is 2.19. The van der Waals surface area contributed by atoms with Crippen LogP contribution in [0.15, 0.2) is 29.1 Å². The molecule has 0 bridgehead atoms. The Morgan fingerprint density at radius 3 is 2.59 bits per heavy atom. The van der Waals surface area contributed by atoms with Gasteiger partial charge in [0.15, 0.2) is 0 Å². The number of amides is 1. The fourth-order valence-electron chi connectivity index (χ4n) is 2.06. The molecule has 7 nitrogen and oxygen atoms in total. The van der Waals surface area contributed by atoms with E-state index in [0.29, 0.717) is 24.0 Å². The number of halogens is 1. The van der Waals surface area contributed by atoms with E-state index in [0.717, 1.165) is 23.1 Å². The lowest BCUT2D eigenvalue weighted by Crippen LogP contribution is -2.33. The van der Waals surface area contributed by atoms with Crippen LogP contribution in [0.3, 0.4) is 0 Å². The number of hydrogen-bond acceptors (Lipinski definition) is 4. The normalized spacial score (nSPS) is 14.0. The number of benzene rings is 1. The SMILES string of the molecule is O=C(Cn1nnn(CC2CC2)c1=O)NCc1ccc(Cl)cc1. The maximum Gasteiger partial charge on any atom is 0.364 e. The van der Waals surface area contributed by atoms with Crippen LogP contribution in [0.4, 0.5) is 0 Å². The molecule has 1 aromatic carbocycles. The summed E-state index contributed by atoms with van der Waals surface area (Å²) >= 11 is 5.80. The molecule has 1 fully saturated rings. The van der Waals surface area contributed by atoms with E-state index in [1.807, 2.05) is 12.1 Å². The zero-order valence-corrected chi connectivity index (χ0v) is 12.7. The van der Waals surface area contributed by atoms with Gasteiger partial charge in [-0.3, -0.25) is 4.79 Å². The van der Waals surface area contributed by atoms with Crippen LogP contribution in [0, 0.1) is 5.92 Å². The molecule has 1 N–H and O–H groups in total. The smallest absolute Gasteiger partial charge is 0.350 e. The molecule has 0 atom stereocenters. The first kappa shape index (κ1) is 14.8. The molecule has 1 aliphatic carbocycles. The highest BCUT2D eigenvalue weighted by atomic mass is 35.5. The van der Waals surface area contributed by atoms with Gasteiger partial charge in [-0.05, 0) is 46.9 Å². The molecule has 22 heavy (non-hydrogen) atoms. The second kappa shape index (κ2) is 6.31. The first-order chi connectivity index (χ1) is 10.6. The second-order valence-corrected chi connectivity index (χ2v) is 5.88. The first-order valence-corrected chi connectivity index (χ1v) is 7.51. The Bertz CT molecular complexity index is 718. The highest BCUT2D eigenvalue weighted by Gasteiger charge is 2.24. The van der Waals surface area contributed by atoms with E-state index in [9.17, 15) is 9.59 Å². The predicted octanol–water partition coefficient (Wildman–Crippen LogP) is 0.820. The summed E-state index contributed by atoms with van der Waals surface area (Å²) in [5.74, 6) is 0.247. The maximum atomic E-state index is 12.0. The molecule has 1 saturated carbocycles. The van der Waals surface area contributed by atoms with Gasteiger partial charge in [0.2, 0.25) is 5.91 Å². The quantitative estimate of drug-likeness (QED) is 0.854. The average Bonchev–Trinajstić information content (AvgIpc) is 3.26. The lowest BCUT2D eigenvalue weighted by molar-refractivity contribution is -0.122. The van der Waals surface area contributed by atoms with E-state index < -0.39 is 0 Å². The van der Waals surface area contributed by atoms with Crippen LogP contribution in [0.1, 0.15) is 18.4 Å². The molecule has 0 aliphatic heterocycles. The number of tetrazole rings is 1. The van der Waals surface area contributed by atoms with Crippen molar-refractivity contribution in [1.82, 2.24) is 25.1 Å². The lowest BCUT2D eigenvalue weighted by Gasteiger charge is -2.04. The molecule has 0 unspecified atom stereocenters. The molecule has 0 saturated heterocycles. The van der Waals surface area contributed by atoms with E-state index in [4.69, 9.17) is 11.6 Å². The Labute approximate surface area is 131 Å². The summed E-state index contributed by atoms with van der Waals surface area (Å²) in [6.45, 7) is 0.837. The van der Waals surface area contributed by atoms with Gasteiger partial charge in [-0.25, -0.2) is 4.79 Å². The van der Waals surface area contributed by atoms with Crippen molar-refractivity contribution in [3.05, 3.63) is 45.3 Å².